The number of amides is 1. The van der Waals surface area contributed by atoms with Crippen LogP contribution in [0.2, 0.25) is 5.02 Å². The number of hydrogen-bond acceptors (Lipinski definition) is 6. The van der Waals surface area contributed by atoms with Gasteiger partial charge in [0.25, 0.3) is 5.91 Å². The second-order valence-electron chi connectivity index (χ2n) is 5.85. The number of methoxy groups -OCH3 is 2. The summed E-state index contributed by atoms with van der Waals surface area (Å²) in [6, 6.07) is 8.31. The Morgan fingerprint density at radius 2 is 1.68 bits per heavy atom. The molecule has 0 aliphatic carbocycles. The summed E-state index contributed by atoms with van der Waals surface area (Å²) in [6.45, 7) is 3.08. The summed E-state index contributed by atoms with van der Waals surface area (Å²) >= 11 is 12.2. The average molecular weight is 424 g/mol. The SMILES string of the molecule is COc1cc(OC)cc(N(Cl)C(=O)C(N=Nc2ccc(C)c(Cl)c2)C(C)=O)c1. The number of azo groups is 1. The van der Waals surface area contributed by atoms with Crippen LogP contribution in [0.1, 0.15) is 12.5 Å². The summed E-state index contributed by atoms with van der Waals surface area (Å²) in [5.41, 5.74) is 1.56. The maximum absolute atomic E-state index is 12.7. The lowest BCUT2D eigenvalue weighted by Crippen LogP contribution is -2.36. The Morgan fingerprint density at radius 3 is 2.18 bits per heavy atom. The maximum atomic E-state index is 12.7. The second kappa shape index (κ2) is 9.52. The highest BCUT2D eigenvalue weighted by molar-refractivity contribution is 6.39. The van der Waals surface area contributed by atoms with Crippen molar-refractivity contribution >= 4 is 46.4 Å². The highest BCUT2D eigenvalue weighted by atomic mass is 35.5. The zero-order chi connectivity index (χ0) is 20.8. The summed E-state index contributed by atoms with van der Waals surface area (Å²) in [5, 5.41) is 8.34. The third kappa shape index (κ3) is 5.21. The summed E-state index contributed by atoms with van der Waals surface area (Å²) in [5.74, 6) is -0.398. The highest BCUT2D eigenvalue weighted by Crippen LogP contribution is 2.30. The van der Waals surface area contributed by atoms with Crippen molar-refractivity contribution in [3.05, 3.63) is 47.0 Å². The molecule has 1 amide bonds. The van der Waals surface area contributed by atoms with Crippen LogP contribution < -0.4 is 13.9 Å². The Bertz CT molecular complexity index is 896. The van der Waals surface area contributed by atoms with Crippen LogP contribution >= 0.6 is 23.4 Å². The molecule has 1 unspecified atom stereocenters. The van der Waals surface area contributed by atoms with Crippen LogP contribution in [0.5, 0.6) is 11.5 Å². The van der Waals surface area contributed by atoms with E-state index in [0.717, 1.165) is 9.98 Å². The van der Waals surface area contributed by atoms with Gasteiger partial charge in [-0.1, -0.05) is 17.7 Å². The molecule has 0 aliphatic rings. The first-order chi connectivity index (χ1) is 13.3. The van der Waals surface area contributed by atoms with E-state index >= 15 is 0 Å². The Hall–Kier alpha value is -2.64. The zero-order valence-electron chi connectivity index (χ0n) is 15.8. The van der Waals surface area contributed by atoms with Gasteiger partial charge in [0, 0.05) is 35.0 Å². The van der Waals surface area contributed by atoms with Crippen molar-refractivity contribution in [2.45, 2.75) is 19.9 Å². The number of ether oxygens (including phenoxy) is 2. The summed E-state index contributed by atoms with van der Waals surface area (Å²) in [7, 11) is 2.94. The standard InChI is InChI=1S/C19H19Cl2N3O4/c1-11-5-6-13(7-17(11)20)22-23-18(12(2)25)19(26)24(21)14-8-15(27-3)10-16(9-14)28-4/h5-10,18H,1-4H3. The number of hydrogen-bond donors (Lipinski definition) is 0. The summed E-state index contributed by atoms with van der Waals surface area (Å²) < 4.78 is 11.1. The minimum Gasteiger partial charge on any atom is -0.497 e. The van der Waals surface area contributed by atoms with Crippen LogP contribution in [0.15, 0.2) is 46.6 Å². The van der Waals surface area contributed by atoms with E-state index in [-0.39, 0.29) is 5.69 Å². The van der Waals surface area contributed by atoms with Crippen molar-refractivity contribution < 1.29 is 19.1 Å². The number of carbonyl (C=O) groups excluding carboxylic acids is 2. The minimum absolute atomic E-state index is 0.266. The molecule has 2 aromatic carbocycles. The second-order valence-corrected chi connectivity index (χ2v) is 6.60. The molecular weight excluding hydrogens is 405 g/mol. The van der Waals surface area contributed by atoms with Gasteiger partial charge in [0.05, 0.1) is 25.6 Å². The Morgan fingerprint density at radius 1 is 1.07 bits per heavy atom. The van der Waals surface area contributed by atoms with Gasteiger partial charge in [-0.25, -0.2) is 4.42 Å². The lowest BCUT2D eigenvalue weighted by Gasteiger charge is -2.18. The Kier molecular flexibility index (Phi) is 7.37. The summed E-state index contributed by atoms with van der Waals surface area (Å²) in [4.78, 5) is 24.7. The minimum atomic E-state index is -1.41. The van der Waals surface area contributed by atoms with Gasteiger partial charge < -0.3 is 9.47 Å². The van der Waals surface area contributed by atoms with E-state index in [1.807, 2.05) is 6.92 Å². The largest absolute Gasteiger partial charge is 0.497 e. The molecule has 0 aliphatic heterocycles. The van der Waals surface area contributed by atoms with Crippen molar-refractivity contribution in [3.63, 3.8) is 0 Å². The number of benzene rings is 2. The molecule has 148 valence electrons. The lowest BCUT2D eigenvalue weighted by molar-refractivity contribution is -0.126. The van der Waals surface area contributed by atoms with E-state index in [4.69, 9.17) is 32.9 Å². The third-order valence-corrected chi connectivity index (χ3v) is 4.59. The number of halogens is 2. The first-order valence-corrected chi connectivity index (χ1v) is 8.88. The molecule has 0 N–H and O–H groups in total. The molecule has 28 heavy (non-hydrogen) atoms. The number of rotatable bonds is 7. The summed E-state index contributed by atoms with van der Waals surface area (Å²) in [6.07, 6.45) is 0. The number of carbonyl (C=O) groups is 2. The van der Waals surface area contributed by atoms with Crippen molar-refractivity contribution in [1.29, 1.82) is 0 Å². The first-order valence-electron chi connectivity index (χ1n) is 8.17. The lowest BCUT2D eigenvalue weighted by atomic mass is 10.2. The molecule has 7 nitrogen and oxygen atoms in total. The van der Waals surface area contributed by atoms with Gasteiger partial charge in [-0.15, -0.1) is 0 Å². The average Bonchev–Trinajstić information content (AvgIpc) is 2.69. The first kappa shape index (κ1) is 21.7. The topological polar surface area (TPSA) is 80.6 Å². The molecule has 0 saturated carbocycles. The number of aryl methyl sites for hydroxylation is 1. The molecular formula is C19H19Cl2N3O4. The van der Waals surface area contributed by atoms with E-state index in [1.165, 1.54) is 33.3 Å². The fourth-order valence-electron chi connectivity index (χ4n) is 2.21. The van der Waals surface area contributed by atoms with Crippen LogP contribution in [0.3, 0.4) is 0 Å². The predicted octanol–water partition coefficient (Wildman–Crippen LogP) is 4.89. The normalized spacial score (nSPS) is 11.9. The zero-order valence-corrected chi connectivity index (χ0v) is 17.3. The third-order valence-electron chi connectivity index (χ3n) is 3.82. The van der Waals surface area contributed by atoms with Gasteiger partial charge >= 0.3 is 0 Å². The van der Waals surface area contributed by atoms with E-state index < -0.39 is 17.7 Å². The molecule has 0 fully saturated rings. The predicted molar refractivity (Wildman–Crippen MR) is 108 cm³/mol. The van der Waals surface area contributed by atoms with E-state index in [9.17, 15) is 9.59 Å². The van der Waals surface area contributed by atoms with E-state index in [2.05, 4.69) is 10.2 Å². The van der Waals surface area contributed by atoms with Crippen LogP contribution in [0.4, 0.5) is 11.4 Å². The molecule has 0 bridgehead atoms. The fraction of sp³-hybridized carbons (Fsp3) is 0.263. The molecule has 0 radical (unpaired) electrons. The molecule has 0 aromatic heterocycles. The molecule has 0 saturated heterocycles. The molecule has 9 heteroatoms. The van der Waals surface area contributed by atoms with E-state index in [1.54, 1.807) is 24.3 Å². The number of ketones is 1. The van der Waals surface area contributed by atoms with Crippen molar-refractivity contribution in [2.75, 3.05) is 18.6 Å². The maximum Gasteiger partial charge on any atom is 0.276 e. The van der Waals surface area contributed by atoms with Crippen molar-refractivity contribution in [2.24, 2.45) is 10.2 Å². The highest BCUT2D eigenvalue weighted by Gasteiger charge is 2.29. The molecule has 2 aromatic rings. The smallest absolute Gasteiger partial charge is 0.276 e. The van der Waals surface area contributed by atoms with Crippen LogP contribution in [0.25, 0.3) is 0 Å². The molecule has 0 heterocycles. The fourth-order valence-corrected chi connectivity index (χ4v) is 2.58. The van der Waals surface area contributed by atoms with Gasteiger partial charge in [0.15, 0.2) is 5.78 Å². The Labute approximate surface area is 173 Å². The van der Waals surface area contributed by atoms with Gasteiger partial charge in [-0.2, -0.15) is 10.2 Å². The van der Waals surface area contributed by atoms with Crippen molar-refractivity contribution in [3.8, 4) is 11.5 Å². The molecule has 1 atom stereocenters. The van der Waals surface area contributed by atoms with E-state index in [0.29, 0.717) is 22.2 Å². The van der Waals surface area contributed by atoms with Crippen LogP contribution in [-0.2, 0) is 9.59 Å². The van der Waals surface area contributed by atoms with Gasteiger partial charge in [0.1, 0.15) is 11.5 Å². The number of nitrogens with zero attached hydrogens (tertiary/aromatic N) is 3. The number of Topliss-reactive ketones (excluding diaryl/α,β-unsaturated/α-hetero) is 1. The van der Waals surface area contributed by atoms with Gasteiger partial charge in [-0.3, -0.25) is 9.59 Å². The van der Waals surface area contributed by atoms with Crippen LogP contribution in [-0.4, -0.2) is 32.0 Å². The van der Waals surface area contributed by atoms with Gasteiger partial charge in [0.2, 0.25) is 6.04 Å². The number of anilines is 1. The molecule has 2 rings (SSSR count). The van der Waals surface area contributed by atoms with Crippen molar-refractivity contribution in [1.82, 2.24) is 0 Å². The Balaban J connectivity index is 2.30. The van der Waals surface area contributed by atoms with Gasteiger partial charge in [-0.05, 0) is 31.5 Å². The quantitative estimate of drug-likeness (QED) is 0.360. The molecule has 0 spiro atoms. The monoisotopic (exact) mass is 423 g/mol. The van der Waals surface area contributed by atoms with Crippen LogP contribution in [0, 0.1) is 6.92 Å².